The lowest BCUT2D eigenvalue weighted by atomic mass is 9.76. The van der Waals surface area contributed by atoms with Gasteiger partial charge in [-0.25, -0.2) is 13.8 Å². The standard InChI is InChI=1S/C40H44F2N6O4/c1-50-35-21-28(22-36(51-2)37(35)52-3)38(49)47-20-15-40(26-47,29-10-11-31(41)32(42)23-29)14-19-46-17-12-30(13-18-46)44-39-45-33-8-4-5-9-34(33)48(39)25-27-7-6-16-43-24-27/h4-11,16,21-24,30H,12-15,17-20,25-26H2,1-3H3,(H,44,45). The lowest BCUT2D eigenvalue weighted by Crippen LogP contribution is -2.42. The summed E-state index contributed by atoms with van der Waals surface area (Å²) in [5.74, 6) is 0.0773. The second-order valence-corrected chi connectivity index (χ2v) is 13.7. The molecule has 0 bridgehead atoms. The molecule has 1 N–H and O–H groups in total. The molecule has 0 radical (unpaired) electrons. The van der Waals surface area contributed by atoms with Gasteiger partial charge in [-0.15, -0.1) is 0 Å². The van der Waals surface area contributed by atoms with Gasteiger partial charge in [-0.05, 0) is 85.8 Å². The highest BCUT2D eigenvalue weighted by molar-refractivity contribution is 5.96. The van der Waals surface area contributed by atoms with Crippen LogP contribution in [0.4, 0.5) is 14.7 Å². The first kappa shape index (κ1) is 35.2. The van der Waals surface area contributed by atoms with Crippen molar-refractivity contribution in [2.75, 3.05) is 59.4 Å². The number of benzene rings is 3. The van der Waals surface area contributed by atoms with Crippen molar-refractivity contribution in [3.63, 3.8) is 0 Å². The van der Waals surface area contributed by atoms with Gasteiger partial charge in [-0.1, -0.05) is 24.3 Å². The fourth-order valence-corrected chi connectivity index (χ4v) is 7.72. The molecule has 2 saturated heterocycles. The summed E-state index contributed by atoms with van der Waals surface area (Å²) >= 11 is 0. The number of para-hydroxylation sites is 2. The van der Waals surface area contributed by atoms with Gasteiger partial charge < -0.3 is 33.9 Å². The Labute approximate surface area is 302 Å². The lowest BCUT2D eigenvalue weighted by molar-refractivity contribution is 0.0779. The van der Waals surface area contributed by atoms with Crippen molar-refractivity contribution < 1.29 is 27.8 Å². The minimum Gasteiger partial charge on any atom is -0.493 e. The molecule has 1 amide bonds. The van der Waals surface area contributed by atoms with E-state index in [-0.39, 0.29) is 11.9 Å². The summed E-state index contributed by atoms with van der Waals surface area (Å²) in [5.41, 5.74) is 3.69. The third-order valence-corrected chi connectivity index (χ3v) is 10.6. The summed E-state index contributed by atoms with van der Waals surface area (Å²) in [7, 11) is 4.53. The van der Waals surface area contributed by atoms with Gasteiger partial charge in [0.05, 0.1) is 38.9 Å². The molecule has 52 heavy (non-hydrogen) atoms. The zero-order valence-electron chi connectivity index (χ0n) is 29.8. The average Bonchev–Trinajstić information content (AvgIpc) is 3.77. The summed E-state index contributed by atoms with van der Waals surface area (Å²) < 4.78 is 47.4. The van der Waals surface area contributed by atoms with Crippen molar-refractivity contribution in [1.82, 2.24) is 24.3 Å². The van der Waals surface area contributed by atoms with Crippen molar-refractivity contribution in [2.45, 2.75) is 43.7 Å². The highest BCUT2D eigenvalue weighted by atomic mass is 19.2. The molecule has 10 nitrogen and oxygen atoms in total. The van der Waals surface area contributed by atoms with E-state index in [2.05, 4.69) is 31.9 Å². The second kappa shape index (κ2) is 15.2. The number of halogens is 2. The summed E-state index contributed by atoms with van der Waals surface area (Å²) in [6.45, 7) is 4.03. The summed E-state index contributed by atoms with van der Waals surface area (Å²) in [6.07, 6.45) is 6.84. The number of carbonyl (C=O) groups excluding carboxylic acids is 1. The number of piperidine rings is 1. The number of ether oxygens (including phenoxy) is 3. The summed E-state index contributed by atoms with van der Waals surface area (Å²) in [6, 6.07) is 19.9. The number of fused-ring (bicyclic) bond motifs is 1. The van der Waals surface area contributed by atoms with Crippen LogP contribution in [0.15, 0.2) is 79.1 Å². The lowest BCUT2D eigenvalue weighted by Gasteiger charge is -2.36. The Kier molecular flexibility index (Phi) is 10.3. The number of likely N-dealkylation sites (tertiary alicyclic amines) is 2. The first-order chi connectivity index (χ1) is 25.3. The Morgan fingerprint density at radius 2 is 1.69 bits per heavy atom. The van der Waals surface area contributed by atoms with Crippen LogP contribution in [0.25, 0.3) is 11.0 Å². The van der Waals surface area contributed by atoms with E-state index in [0.29, 0.717) is 60.9 Å². The van der Waals surface area contributed by atoms with E-state index in [1.165, 1.54) is 33.5 Å². The summed E-state index contributed by atoms with van der Waals surface area (Å²) in [4.78, 5) is 27.4. The largest absolute Gasteiger partial charge is 0.493 e. The molecular formula is C40H44F2N6O4. The number of nitrogens with zero attached hydrogens (tertiary/aromatic N) is 5. The Morgan fingerprint density at radius 3 is 2.38 bits per heavy atom. The third kappa shape index (κ3) is 7.12. The molecule has 0 aliphatic carbocycles. The Balaban J connectivity index is 1.04. The number of nitrogens with one attached hydrogen (secondary N) is 1. The van der Waals surface area contributed by atoms with E-state index < -0.39 is 17.0 Å². The van der Waals surface area contributed by atoms with Crippen molar-refractivity contribution in [2.24, 2.45) is 0 Å². The van der Waals surface area contributed by atoms with Gasteiger partial charge in [0.2, 0.25) is 11.7 Å². The van der Waals surface area contributed by atoms with Crippen molar-refractivity contribution >= 4 is 22.9 Å². The van der Waals surface area contributed by atoms with Crippen LogP contribution < -0.4 is 19.5 Å². The van der Waals surface area contributed by atoms with E-state index in [0.717, 1.165) is 55.0 Å². The monoisotopic (exact) mass is 710 g/mol. The van der Waals surface area contributed by atoms with Crippen LogP contribution in [0, 0.1) is 11.6 Å². The first-order valence-electron chi connectivity index (χ1n) is 17.7. The Hall–Kier alpha value is -5.23. The Morgan fingerprint density at radius 1 is 0.923 bits per heavy atom. The third-order valence-electron chi connectivity index (χ3n) is 10.6. The van der Waals surface area contributed by atoms with Gasteiger partial charge in [0.15, 0.2) is 23.1 Å². The van der Waals surface area contributed by atoms with Gasteiger partial charge in [0.1, 0.15) is 0 Å². The fraction of sp³-hybridized carbons (Fsp3) is 0.375. The number of hydrogen-bond donors (Lipinski definition) is 1. The quantitative estimate of drug-likeness (QED) is 0.156. The molecule has 4 heterocycles. The molecule has 2 aliphatic heterocycles. The maximum atomic E-state index is 14.7. The molecule has 1 atom stereocenters. The highest BCUT2D eigenvalue weighted by Gasteiger charge is 2.42. The van der Waals surface area contributed by atoms with Crippen LogP contribution in [-0.4, -0.2) is 90.3 Å². The van der Waals surface area contributed by atoms with Gasteiger partial charge in [-0.3, -0.25) is 9.78 Å². The zero-order chi connectivity index (χ0) is 36.2. The van der Waals surface area contributed by atoms with Gasteiger partial charge >= 0.3 is 0 Å². The topological polar surface area (TPSA) is 94.0 Å². The molecule has 7 rings (SSSR count). The number of rotatable bonds is 12. The SMILES string of the molecule is COc1cc(C(=O)N2CCC(CCN3CCC(Nc4nc5ccccc5n4Cc4cccnc4)CC3)(c3ccc(F)c(F)c3)C2)cc(OC)c1OC. The zero-order valence-corrected chi connectivity index (χ0v) is 29.8. The van der Waals surface area contributed by atoms with Crippen molar-refractivity contribution in [1.29, 1.82) is 0 Å². The fourth-order valence-electron chi connectivity index (χ4n) is 7.72. The molecule has 0 saturated carbocycles. The van der Waals surface area contributed by atoms with E-state index in [1.54, 1.807) is 29.3 Å². The molecule has 0 spiro atoms. The first-order valence-corrected chi connectivity index (χ1v) is 17.7. The second-order valence-electron chi connectivity index (χ2n) is 13.7. The number of pyridine rings is 1. The number of imidazole rings is 1. The number of anilines is 1. The number of methoxy groups -OCH3 is 3. The molecule has 1 unspecified atom stereocenters. The molecule has 3 aromatic carbocycles. The van der Waals surface area contributed by atoms with Crippen LogP contribution in [0.2, 0.25) is 0 Å². The minimum atomic E-state index is -0.884. The minimum absolute atomic E-state index is 0.190. The maximum absolute atomic E-state index is 14.7. The van der Waals surface area contributed by atoms with Crippen LogP contribution in [-0.2, 0) is 12.0 Å². The summed E-state index contributed by atoms with van der Waals surface area (Å²) in [5, 5.41) is 3.74. The number of carbonyl (C=O) groups is 1. The van der Waals surface area contributed by atoms with Crippen molar-refractivity contribution in [3.05, 3.63) is 107 Å². The predicted octanol–water partition coefficient (Wildman–Crippen LogP) is 6.53. The van der Waals surface area contributed by atoms with E-state index in [1.807, 2.05) is 30.5 Å². The van der Waals surface area contributed by atoms with Crippen molar-refractivity contribution in [3.8, 4) is 17.2 Å². The van der Waals surface area contributed by atoms with E-state index >= 15 is 0 Å². The van der Waals surface area contributed by atoms with Gasteiger partial charge in [0.25, 0.3) is 5.91 Å². The normalized spacial score (nSPS) is 18.1. The molecule has 2 aromatic heterocycles. The number of hydrogen-bond acceptors (Lipinski definition) is 8. The van der Waals surface area contributed by atoms with Crippen LogP contribution >= 0.6 is 0 Å². The number of aromatic nitrogens is 3. The van der Waals surface area contributed by atoms with Gasteiger partial charge in [0, 0.05) is 55.6 Å². The average molecular weight is 711 g/mol. The van der Waals surface area contributed by atoms with Crippen LogP contribution in [0.1, 0.15) is 47.2 Å². The number of amides is 1. The molecule has 272 valence electrons. The van der Waals surface area contributed by atoms with E-state index in [9.17, 15) is 13.6 Å². The maximum Gasteiger partial charge on any atom is 0.254 e. The van der Waals surface area contributed by atoms with Crippen LogP contribution in [0.3, 0.4) is 0 Å². The molecule has 12 heteroatoms. The Bertz CT molecular complexity index is 2010. The molecule has 5 aromatic rings. The molecule has 2 fully saturated rings. The smallest absolute Gasteiger partial charge is 0.254 e. The predicted molar refractivity (Wildman–Crippen MR) is 195 cm³/mol. The highest BCUT2D eigenvalue weighted by Crippen LogP contribution is 2.42. The van der Waals surface area contributed by atoms with E-state index in [4.69, 9.17) is 19.2 Å². The molecule has 2 aliphatic rings. The van der Waals surface area contributed by atoms with Crippen LogP contribution in [0.5, 0.6) is 17.2 Å². The van der Waals surface area contributed by atoms with Gasteiger partial charge in [-0.2, -0.15) is 0 Å². The molecular weight excluding hydrogens is 666 g/mol.